The van der Waals surface area contributed by atoms with Crippen molar-refractivity contribution in [1.82, 2.24) is 4.90 Å². The van der Waals surface area contributed by atoms with Crippen molar-refractivity contribution in [3.8, 4) is 0 Å². The number of hydrogen-bond donors (Lipinski definition) is 0. The van der Waals surface area contributed by atoms with Crippen molar-refractivity contribution in [3.63, 3.8) is 0 Å². The number of esters is 1. The van der Waals surface area contributed by atoms with E-state index in [1.54, 1.807) is 0 Å². The van der Waals surface area contributed by atoms with Gasteiger partial charge >= 0.3 is 5.97 Å². The van der Waals surface area contributed by atoms with Crippen molar-refractivity contribution in [3.05, 3.63) is 0 Å². The lowest BCUT2D eigenvalue weighted by Gasteiger charge is -2.55. The highest BCUT2D eigenvalue weighted by Crippen LogP contribution is 2.49. The number of ether oxygens (including phenoxy) is 1. The van der Waals surface area contributed by atoms with Crippen LogP contribution in [-0.4, -0.2) is 36.1 Å². The first-order chi connectivity index (χ1) is 9.84. The second-order valence-electron chi connectivity index (χ2n) is 7.99. The number of hydrogen-bond acceptors (Lipinski definition) is 3. The van der Waals surface area contributed by atoms with E-state index in [4.69, 9.17) is 4.74 Å². The van der Waals surface area contributed by atoms with E-state index in [9.17, 15) is 4.79 Å². The minimum Gasteiger partial charge on any atom is -0.466 e. The molecule has 1 aliphatic carbocycles. The molecule has 1 aliphatic heterocycles. The van der Waals surface area contributed by atoms with Gasteiger partial charge in [0, 0.05) is 5.54 Å². The molecule has 0 aromatic carbocycles. The predicted molar refractivity (Wildman–Crippen MR) is 86.1 cm³/mol. The molecular weight excluding hydrogens is 262 g/mol. The third-order valence-corrected chi connectivity index (χ3v) is 5.89. The standard InChI is InChI=1S/C18H33NO2/c1-6-18(19-11-8-12-19)10-9-15(17(3,4)5)14(13-18)16(20)21-7-2/h14-15H,6-13H2,1-5H3. The van der Waals surface area contributed by atoms with E-state index in [1.807, 2.05) is 6.92 Å². The lowest BCUT2D eigenvalue weighted by molar-refractivity contribution is -0.158. The predicted octanol–water partition coefficient (Wildman–Crippen LogP) is 3.87. The molecular formula is C18H33NO2. The molecule has 3 nitrogen and oxygen atoms in total. The van der Waals surface area contributed by atoms with Crippen molar-refractivity contribution >= 4 is 5.97 Å². The van der Waals surface area contributed by atoms with Crippen LogP contribution in [0.25, 0.3) is 0 Å². The highest BCUT2D eigenvalue weighted by Gasteiger charge is 2.50. The Labute approximate surface area is 130 Å². The molecule has 0 spiro atoms. The minimum atomic E-state index is 0.0375. The fourth-order valence-corrected chi connectivity index (χ4v) is 4.44. The van der Waals surface area contributed by atoms with E-state index in [0.29, 0.717) is 12.5 Å². The van der Waals surface area contributed by atoms with E-state index in [0.717, 1.165) is 19.3 Å². The van der Waals surface area contributed by atoms with Crippen LogP contribution in [0, 0.1) is 17.3 Å². The second-order valence-corrected chi connectivity index (χ2v) is 7.99. The second kappa shape index (κ2) is 6.28. The zero-order chi connectivity index (χ0) is 15.7. The van der Waals surface area contributed by atoms with Crippen LogP contribution in [0.15, 0.2) is 0 Å². The van der Waals surface area contributed by atoms with Gasteiger partial charge < -0.3 is 4.74 Å². The molecule has 0 bridgehead atoms. The summed E-state index contributed by atoms with van der Waals surface area (Å²) in [6.07, 6.45) is 5.84. The fourth-order valence-electron chi connectivity index (χ4n) is 4.44. The first-order valence-corrected chi connectivity index (χ1v) is 8.76. The molecule has 0 N–H and O–H groups in total. The molecule has 3 atom stereocenters. The molecule has 0 amide bonds. The fraction of sp³-hybridized carbons (Fsp3) is 0.944. The Hall–Kier alpha value is -0.570. The van der Waals surface area contributed by atoms with Gasteiger partial charge in [-0.3, -0.25) is 9.69 Å². The Kier molecular flexibility index (Phi) is 5.02. The summed E-state index contributed by atoms with van der Waals surface area (Å²) in [6, 6.07) is 0. The normalized spacial score (nSPS) is 34.3. The average Bonchev–Trinajstić information content (AvgIpc) is 2.35. The highest BCUT2D eigenvalue weighted by molar-refractivity contribution is 5.73. The smallest absolute Gasteiger partial charge is 0.309 e. The Bertz CT molecular complexity index is 370. The molecule has 21 heavy (non-hydrogen) atoms. The number of nitrogens with zero attached hydrogens (tertiary/aromatic N) is 1. The van der Waals surface area contributed by atoms with Crippen LogP contribution < -0.4 is 0 Å². The molecule has 1 saturated carbocycles. The van der Waals surface area contributed by atoms with Gasteiger partial charge in [-0.05, 0) is 63.5 Å². The van der Waals surface area contributed by atoms with Gasteiger partial charge in [0.15, 0.2) is 0 Å². The zero-order valence-corrected chi connectivity index (χ0v) is 14.6. The Morgan fingerprint density at radius 1 is 1.29 bits per heavy atom. The largest absolute Gasteiger partial charge is 0.466 e. The molecule has 3 unspecified atom stereocenters. The summed E-state index contributed by atoms with van der Waals surface area (Å²) in [5.74, 6) is 0.548. The maximum absolute atomic E-state index is 12.5. The molecule has 2 fully saturated rings. The van der Waals surface area contributed by atoms with Crippen LogP contribution in [0.2, 0.25) is 0 Å². The summed E-state index contributed by atoms with van der Waals surface area (Å²) in [4.78, 5) is 15.2. The molecule has 2 rings (SSSR count). The molecule has 0 aromatic rings. The maximum atomic E-state index is 12.5. The summed E-state index contributed by atoms with van der Waals surface area (Å²) in [5.41, 5.74) is 0.420. The van der Waals surface area contributed by atoms with Crippen molar-refractivity contribution < 1.29 is 9.53 Å². The first-order valence-electron chi connectivity index (χ1n) is 8.76. The van der Waals surface area contributed by atoms with Crippen LogP contribution >= 0.6 is 0 Å². The van der Waals surface area contributed by atoms with Gasteiger partial charge in [0.2, 0.25) is 0 Å². The van der Waals surface area contributed by atoms with E-state index in [1.165, 1.54) is 25.9 Å². The van der Waals surface area contributed by atoms with Crippen LogP contribution in [0.4, 0.5) is 0 Å². The quantitative estimate of drug-likeness (QED) is 0.737. The first kappa shape index (κ1) is 16.8. The Balaban J connectivity index is 2.21. The van der Waals surface area contributed by atoms with Crippen molar-refractivity contribution in [2.45, 2.75) is 72.3 Å². The molecule has 1 heterocycles. The van der Waals surface area contributed by atoms with Crippen LogP contribution in [0.5, 0.6) is 0 Å². The summed E-state index contributed by atoms with van der Waals surface area (Å²) >= 11 is 0. The van der Waals surface area contributed by atoms with Gasteiger partial charge in [0.1, 0.15) is 0 Å². The minimum absolute atomic E-state index is 0.0375. The van der Waals surface area contributed by atoms with Crippen LogP contribution in [-0.2, 0) is 9.53 Å². The maximum Gasteiger partial charge on any atom is 0.309 e. The van der Waals surface area contributed by atoms with Gasteiger partial charge in [0.05, 0.1) is 12.5 Å². The highest BCUT2D eigenvalue weighted by atomic mass is 16.5. The van der Waals surface area contributed by atoms with E-state index >= 15 is 0 Å². The molecule has 1 saturated heterocycles. The molecule has 2 aliphatic rings. The number of likely N-dealkylation sites (tertiary alicyclic amines) is 1. The van der Waals surface area contributed by atoms with Crippen molar-refractivity contribution in [1.29, 1.82) is 0 Å². The van der Waals surface area contributed by atoms with Crippen LogP contribution in [0.1, 0.15) is 66.7 Å². The zero-order valence-electron chi connectivity index (χ0n) is 14.6. The van der Waals surface area contributed by atoms with Gasteiger partial charge in [-0.15, -0.1) is 0 Å². The number of carbonyl (C=O) groups is 1. The third kappa shape index (κ3) is 3.28. The monoisotopic (exact) mass is 295 g/mol. The molecule has 0 radical (unpaired) electrons. The van der Waals surface area contributed by atoms with Gasteiger partial charge in [-0.1, -0.05) is 27.7 Å². The Morgan fingerprint density at radius 3 is 2.38 bits per heavy atom. The molecule has 0 aromatic heterocycles. The SMILES string of the molecule is CCOC(=O)C1CC(CC)(N2CCC2)CCC1C(C)(C)C. The van der Waals surface area contributed by atoms with Crippen LogP contribution in [0.3, 0.4) is 0 Å². The summed E-state index contributed by atoms with van der Waals surface area (Å²) < 4.78 is 5.42. The summed E-state index contributed by atoms with van der Waals surface area (Å²) in [5, 5.41) is 0. The topological polar surface area (TPSA) is 29.5 Å². The van der Waals surface area contributed by atoms with E-state index in [2.05, 4.69) is 32.6 Å². The van der Waals surface area contributed by atoms with Crippen molar-refractivity contribution in [2.24, 2.45) is 17.3 Å². The van der Waals surface area contributed by atoms with Crippen molar-refractivity contribution in [2.75, 3.05) is 19.7 Å². The lowest BCUT2D eigenvalue weighted by Crippen LogP contribution is -2.59. The summed E-state index contributed by atoms with van der Waals surface area (Å²) in [6.45, 7) is 13.9. The summed E-state index contributed by atoms with van der Waals surface area (Å²) in [7, 11) is 0. The third-order valence-electron chi connectivity index (χ3n) is 5.89. The van der Waals surface area contributed by atoms with E-state index < -0.39 is 0 Å². The molecule has 3 heteroatoms. The molecule has 122 valence electrons. The lowest BCUT2D eigenvalue weighted by atomic mass is 9.60. The van der Waals surface area contributed by atoms with Gasteiger partial charge in [-0.25, -0.2) is 0 Å². The van der Waals surface area contributed by atoms with Gasteiger partial charge in [0.25, 0.3) is 0 Å². The number of carbonyl (C=O) groups excluding carboxylic acids is 1. The average molecular weight is 295 g/mol. The Morgan fingerprint density at radius 2 is 1.95 bits per heavy atom. The van der Waals surface area contributed by atoms with Gasteiger partial charge in [-0.2, -0.15) is 0 Å². The number of rotatable bonds is 4. The van der Waals surface area contributed by atoms with E-state index in [-0.39, 0.29) is 22.8 Å².